The number of likely N-dealkylation sites (tertiary alicyclic amines) is 1. The van der Waals surface area contributed by atoms with Gasteiger partial charge in [-0.25, -0.2) is 0 Å². The molecule has 3 aromatic rings. The van der Waals surface area contributed by atoms with Crippen LogP contribution >= 0.6 is 0 Å². The minimum Gasteiger partial charge on any atom is -0.399 e. The van der Waals surface area contributed by atoms with Crippen LogP contribution in [0, 0.1) is 0 Å². The van der Waals surface area contributed by atoms with Gasteiger partial charge in [-0.1, -0.05) is 101 Å². The van der Waals surface area contributed by atoms with Crippen molar-refractivity contribution in [3.8, 4) is 0 Å². The molecule has 1 aromatic heterocycles. The number of aldehydes is 1. The van der Waals surface area contributed by atoms with Gasteiger partial charge in [0.05, 0.1) is 11.8 Å². The van der Waals surface area contributed by atoms with E-state index in [4.69, 9.17) is 9.36 Å². The molecule has 5 rings (SSSR count). The predicted molar refractivity (Wildman–Crippen MR) is 141 cm³/mol. The monoisotopic (exact) mass is 498 g/mol. The number of carbonyl (C=O) groups is 1. The molecule has 2 aromatic carbocycles. The van der Waals surface area contributed by atoms with Gasteiger partial charge in [0.25, 0.3) is 5.89 Å². The quantitative estimate of drug-likeness (QED) is 0.393. The van der Waals surface area contributed by atoms with E-state index < -0.39 is 6.10 Å². The highest BCUT2D eigenvalue weighted by Crippen LogP contribution is 2.29. The summed E-state index contributed by atoms with van der Waals surface area (Å²) in [6.45, 7) is 0.698. The number of oxime groups is 1. The van der Waals surface area contributed by atoms with E-state index in [2.05, 4.69) is 38.4 Å². The number of allylic oxidation sites excluding steroid dienone is 6. The fourth-order valence-electron chi connectivity index (χ4n) is 4.19. The van der Waals surface area contributed by atoms with Gasteiger partial charge in [0.2, 0.25) is 0 Å². The minimum atomic E-state index is -0.915. The summed E-state index contributed by atoms with van der Waals surface area (Å²) in [5.41, 5.74) is 3.61. The Morgan fingerprint density at radius 3 is 2.57 bits per heavy atom. The third-order valence-corrected chi connectivity index (χ3v) is 6.14. The SMILES string of the molecule is CON=C1CC(c2noc(C(O)c3ccccc3)n2)N(C)C1.O=CC1=CC=CC(c2ccccc2)C=C1. The van der Waals surface area contributed by atoms with Crippen LogP contribution in [0.2, 0.25) is 0 Å². The smallest absolute Gasteiger partial charge is 0.260 e. The van der Waals surface area contributed by atoms with Gasteiger partial charge in [0, 0.05) is 24.5 Å². The molecule has 3 unspecified atom stereocenters. The van der Waals surface area contributed by atoms with E-state index >= 15 is 0 Å². The van der Waals surface area contributed by atoms with Crippen molar-refractivity contribution in [2.75, 3.05) is 20.7 Å². The molecular formula is C29H30N4O4. The molecule has 0 saturated carbocycles. The number of rotatable bonds is 6. The summed E-state index contributed by atoms with van der Waals surface area (Å²) in [6, 6.07) is 19.4. The van der Waals surface area contributed by atoms with Crippen molar-refractivity contribution in [1.29, 1.82) is 0 Å². The normalized spacial score (nSPS) is 21.1. The van der Waals surface area contributed by atoms with Gasteiger partial charge >= 0.3 is 0 Å². The number of benzene rings is 2. The number of nitrogens with zero attached hydrogens (tertiary/aromatic N) is 4. The van der Waals surface area contributed by atoms with E-state index in [0.29, 0.717) is 24.4 Å². The van der Waals surface area contributed by atoms with E-state index in [1.807, 2.05) is 79.9 Å². The third-order valence-electron chi connectivity index (χ3n) is 6.14. The van der Waals surface area contributed by atoms with Crippen LogP contribution in [0.3, 0.4) is 0 Å². The van der Waals surface area contributed by atoms with Gasteiger partial charge in [-0.2, -0.15) is 4.98 Å². The maximum absolute atomic E-state index is 10.6. The Balaban J connectivity index is 0.000000186. The van der Waals surface area contributed by atoms with Gasteiger partial charge in [-0.3, -0.25) is 9.69 Å². The van der Waals surface area contributed by atoms with E-state index in [9.17, 15) is 9.90 Å². The molecule has 37 heavy (non-hydrogen) atoms. The molecule has 8 nitrogen and oxygen atoms in total. The molecule has 0 radical (unpaired) electrons. The first-order chi connectivity index (χ1) is 18.1. The number of aliphatic hydroxyl groups excluding tert-OH is 1. The van der Waals surface area contributed by atoms with Crippen molar-refractivity contribution in [3.05, 3.63) is 119 Å². The summed E-state index contributed by atoms with van der Waals surface area (Å²) < 4.78 is 5.23. The highest BCUT2D eigenvalue weighted by molar-refractivity contribution is 5.88. The zero-order valence-corrected chi connectivity index (χ0v) is 20.8. The third kappa shape index (κ3) is 6.75. The average molecular weight is 499 g/mol. The summed E-state index contributed by atoms with van der Waals surface area (Å²) in [5.74, 6) is 1.01. The van der Waals surface area contributed by atoms with Crippen LogP contribution in [0.25, 0.3) is 0 Å². The number of hydrogen-bond donors (Lipinski definition) is 1. The first-order valence-electron chi connectivity index (χ1n) is 12.0. The van der Waals surface area contributed by atoms with Crippen molar-refractivity contribution in [2.45, 2.75) is 24.5 Å². The van der Waals surface area contributed by atoms with E-state index in [1.165, 1.54) is 12.7 Å². The van der Waals surface area contributed by atoms with E-state index in [1.54, 1.807) is 0 Å². The second kappa shape index (κ2) is 12.7. The Hall–Kier alpha value is -4.14. The molecule has 1 N–H and O–H groups in total. The van der Waals surface area contributed by atoms with Gasteiger partial charge in [0.15, 0.2) is 11.9 Å². The van der Waals surface area contributed by atoms with Crippen molar-refractivity contribution >= 4 is 12.0 Å². The Morgan fingerprint density at radius 1 is 1.14 bits per heavy atom. The van der Waals surface area contributed by atoms with Crippen LogP contribution in [0.1, 0.15) is 47.3 Å². The molecule has 1 aliphatic carbocycles. The summed E-state index contributed by atoms with van der Waals surface area (Å²) >= 11 is 0. The van der Waals surface area contributed by atoms with Crippen molar-refractivity contribution in [3.63, 3.8) is 0 Å². The zero-order valence-electron chi connectivity index (χ0n) is 20.8. The van der Waals surface area contributed by atoms with Crippen molar-refractivity contribution < 1.29 is 19.3 Å². The Bertz CT molecular complexity index is 1280. The standard InChI is InChI=1S/C15H18N4O3.C14H12O/c1-19-9-11(17-21-2)8-12(19)14-16-15(22-18-14)13(20)10-6-4-3-5-7-10;15-11-12-5-4-8-14(10-9-12)13-6-2-1-3-7-13/h3-7,12-13,20H,8-9H2,1-2H3;1-11,14H. The van der Waals surface area contributed by atoms with Crippen LogP contribution in [-0.2, 0) is 9.63 Å². The molecule has 0 bridgehead atoms. The summed E-state index contributed by atoms with van der Waals surface area (Å²) in [6.07, 6.45) is 10.4. The number of aliphatic hydroxyl groups is 1. The maximum atomic E-state index is 10.6. The fraction of sp³-hybridized carbons (Fsp3) is 0.241. The lowest BCUT2D eigenvalue weighted by molar-refractivity contribution is -0.104. The molecule has 1 fully saturated rings. The second-order valence-electron chi connectivity index (χ2n) is 8.74. The van der Waals surface area contributed by atoms with Crippen LogP contribution in [-0.4, -0.2) is 52.8 Å². The molecule has 3 atom stereocenters. The van der Waals surface area contributed by atoms with Crippen LogP contribution < -0.4 is 0 Å². The first-order valence-corrected chi connectivity index (χ1v) is 12.0. The molecular weight excluding hydrogens is 468 g/mol. The van der Waals surface area contributed by atoms with Crippen LogP contribution in [0.5, 0.6) is 0 Å². The van der Waals surface area contributed by atoms with Crippen molar-refractivity contribution in [2.24, 2.45) is 5.16 Å². The highest BCUT2D eigenvalue weighted by Gasteiger charge is 2.32. The maximum Gasteiger partial charge on any atom is 0.260 e. The van der Waals surface area contributed by atoms with Crippen molar-refractivity contribution in [1.82, 2.24) is 15.0 Å². The minimum absolute atomic E-state index is 0.0191. The summed E-state index contributed by atoms with van der Waals surface area (Å²) in [7, 11) is 3.50. The summed E-state index contributed by atoms with van der Waals surface area (Å²) in [4.78, 5) is 21.8. The molecule has 2 heterocycles. The molecule has 190 valence electrons. The average Bonchev–Trinajstić information content (AvgIpc) is 3.49. The predicted octanol–water partition coefficient (Wildman–Crippen LogP) is 4.55. The topological polar surface area (TPSA) is 101 Å². The Kier molecular flexibility index (Phi) is 8.91. The lowest BCUT2D eigenvalue weighted by Crippen LogP contribution is -2.19. The van der Waals surface area contributed by atoms with E-state index in [-0.39, 0.29) is 17.9 Å². The lowest BCUT2D eigenvalue weighted by atomic mass is 9.99. The second-order valence-corrected chi connectivity index (χ2v) is 8.74. The van der Waals surface area contributed by atoms with Crippen LogP contribution in [0.15, 0.2) is 106 Å². The molecule has 0 amide bonds. The first kappa shape index (κ1) is 25.9. The summed E-state index contributed by atoms with van der Waals surface area (Å²) in [5, 5.41) is 18.3. The Labute approximate surface area is 216 Å². The number of carbonyl (C=O) groups excluding carboxylic acids is 1. The lowest BCUT2D eigenvalue weighted by Gasteiger charge is -2.13. The highest BCUT2D eigenvalue weighted by atomic mass is 16.6. The van der Waals surface area contributed by atoms with Gasteiger partial charge in [-0.15, -0.1) is 0 Å². The number of hydrogen-bond acceptors (Lipinski definition) is 8. The number of aromatic nitrogens is 2. The Morgan fingerprint density at radius 2 is 1.86 bits per heavy atom. The van der Waals surface area contributed by atoms with E-state index in [0.717, 1.165) is 17.6 Å². The molecule has 0 spiro atoms. The molecule has 1 aliphatic heterocycles. The molecule has 8 heteroatoms. The molecule has 2 aliphatic rings. The zero-order chi connectivity index (χ0) is 26.0. The van der Waals surface area contributed by atoms with Gasteiger partial charge < -0.3 is 14.5 Å². The molecule has 1 saturated heterocycles. The van der Waals surface area contributed by atoms with Gasteiger partial charge in [-0.05, 0) is 18.2 Å². The van der Waals surface area contributed by atoms with Gasteiger partial charge in [0.1, 0.15) is 13.4 Å². The largest absolute Gasteiger partial charge is 0.399 e. The van der Waals surface area contributed by atoms with Crippen LogP contribution in [0.4, 0.5) is 0 Å². The fourth-order valence-corrected chi connectivity index (χ4v) is 4.19.